The summed E-state index contributed by atoms with van der Waals surface area (Å²) in [5.74, 6) is -0.434. The lowest BCUT2D eigenvalue weighted by Gasteiger charge is -2.05. The second-order valence-corrected chi connectivity index (χ2v) is 6.77. The third-order valence-electron chi connectivity index (χ3n) is 3.83. The highest BCUT2D eigenvalue weighted by Gasteiger charge is 2.08. The molecule has 1 N–H and O–H groups in total. The molecule has 0 aromatic heterocycles. The number of benzene rings is 3. The Labute approximate surface area is 175 Å². The molecule has 0 radical (unpaired) electrons. The van der Waals surface area contributed by atoms with Gasteiger partial charge in [-0.25, -0.2) is 10.2 Å². The van der Waals surface area contributed by atoms with Crippen LogP contribution in [-0.2, 0) is 0 Å². The van der Waals surface area contributed by atoms with Crippen molar-refractivity contribution in [2.75, 3.05) is 0 Å². The summed E-state index contributed by atoms with van der Waals surface area (Å²) in [7, 11) is 0. The lowest BCUT2D eigenvalue weighted by molar-refractivity contribution is 0.0734. The van der Waals surface area contributed by atoms with Crippen molar-refractivity contribution < 1.29 is 14.3 Å². The quantitative estimate of drug-likeness (QED) is 0.273. The summed E-state index contributed by atoms with van der Waals surface area (Å²) >= 11 is 3.32. The average Bonchev–Trinajstić information content (AvgIpc) is 2.75. The highest BCUT2D eigenvalue weighted by atomic mass is 79.9. The van der Waals surface area contributed by atoms with Gasteiger partial charge in [-0.3, -0.25) is 4.79 Å². The van der Waals surface area contributed by atoms with Gasteiger partial charge in [-0.05, 0) is 78.4 Å². The molecule has 0 unspecified atom stereocenters. The molecule has 1 amide bonds. The molecule has 0 aliphatic heterocycles. The number of nitrogens with one attached hydrogen (secondary N) is 1. The minimum atomic E-state index is -0.450. The van der Waals surface area contributed by atoms with E-state index in [0.717, 1.165) is 4.47 Å². The highest BCUT2D eigenvalue weighted by molar-refractivity contribution is 9.10. The molecule has 0 aliphatic rings. The number of ether oxygens (including phenoxy) is 1. The molecule has 6 nitrogen and oxygen atoms in total. The maximum absolute atomic E-state index is 12.1. The van der Waals surface area contributed by atoms with Crippen LogP contribution in [0.15, 0.2) is 82.4 Å². The van der Waals surface area contributed by atoms with Gasteiger partial charge in [0, 0.05) is 10.0 Å². The fourth-order valence-corrected chi connectivity index (χ4v) is 2.56. The van der Waals surface area contributed by atoms with E-state index < -0.39 is 5.97 Å². The van der Waals surface area contributed by atoms with Crippen molar-refractivity contribution in [1.82, 2.24) is 5.43 Å². The van der Waals surface area contributed by atoms with Gasteiger partial charge < -0.3 is 4.74 Å². The second-order valence-electron chi connectivity index (χ2n) is 5.85. The topological polar surface area (TPSA) is 91.6 Å². The maximum Gasteiger partial charge on any atom is 0.343 e. The van der Waals surface area contributed by atoms with Crippen molar-refractivity contribution >= 4 is 34.0 Å². The Morgan fingerprint density at radius 1 is 0.931 bits per heavy atom. The van der Waals surface area contributed by atoms with Crippen LogP contribution < -0.4 is 10.2 Å². The number of esters is 1. The van der Waals surface area contributed by atoms with E-state index in [-0.39, 0.29) is 5.91 Å². The molecule has 0 spiro atoms. The Balaban J connectivity index is 1.55. The van der Waals surface area contributed by atoms with Crippen LogP contribution in [0.25, 0.3) is 0 Å². The molecule has 0 saturated heterocycles. The van der Waals surface area contributed by atoms with Crippen LogP contribution in [0.3, 0.4) is 0 Å². The molecule has 0 bridgehead atoms. The van der Waals surface area contributed by atoms with Crippen LogP contribution in [0.1, 0.15) is 31.8 Å². The number of carbonyl (C=O) groups excluding carboxylic acids is 2. The summed E-state index contributed by atoms with van der Waals surface area (Å²) in [6.07, 6.45) is 1.47. The van der Waals surface area contributed by atoms with Crippen LogP contribution in [0.2, 0.25) is 0 Å². The van der Waals surface area contributed by atoms with Gasteiger partial charge in [-0.2, -0.15) is 10.4 Å². The molecule has 0 heterocycles. The number of nitriles is 1. The fourth-order valence-electron chi connectivity index (χ4n) is 2.30. The second kappa shape index (κ2) is 9.44. The van der Waals surface area contributed by atoms with Crippen molar-refractivity contribution in [3.05, 3.63) is 99.5 Å². The first-order valence-electron chi connectivity index (χ1n) is 8.46. The van der Waals surface area contributed by atoms with Gasteiger partial charge in [0.2, 0.25) is 0 Å². The number of amides is 1. The molecule has 29 heavy (non-hydrogen) atoms. The number of rotatable bonds is 5. The number of hydrazone groups is 1. The van der Waals surface area contributed by atoms with Gasteiger partial charge in [0.25, 0.3) is 5.91 Å². The normalized spacial score (nSPS) is 10.3. The molecule has 0 aliphatic carbocycles. The number of hydrogen-bond acceptors (Lipinski definition) is 5. The first kappa shape index (κ1) is 20.0. The average molecular weight is 448 g/mol. The molecular weight excluding hydrogens is 434 g/mol. The van der Waals surface area contributed by atoms with E-state index in [1.807, 2.05) is 6.07 Å². The molecule has 3 rings (SSSR count). The third kappa shape index (κ3) is 5.61. The molecule has 0 saturated carbocycles. The van der Waals surface area contributed by atoms with Crippen molar-refractivity contribution in [2.45, 2.75) is 0 Å². The van der Waals surface area contributed by atoms with Crippen molar-refractivity contribution in [3.8, 4) is 11.8 Å². The summed E-state index contributed by atoms with van der Waals surface area (Å²) in [4.78, 5) is 24.1. The van der Waals surface area contributed by atoms with Gasteiger partial charge in [-0.15, -0.1) is 0 Å². The number of halogens is 1. The van der Waals surface area contributed by atoms with Crippen LogP contribution in [0.4, 0.5) is 0 Å². The zero-order valence-electron chi connectivity index (χ0n) is 15.0. The van der Waals surface area contributed by atoms with E-state index in [4.69, 9.17) is 10.00 Å². The molecule has 3 aromatic carbocycles. The van der Waals surface area contributed by atoms with E-state index in [2.05, 4.69) is 26.5 Å². The lowest BCUT2D eigenvalue weighted by Crippen LogP contribution is -2.17. The number of hydrogen-bond donors (Lipinski definition) is 1. The molecular formula is C22H14BrN3O3. The molecule has 0 fully saturated rings. The maximum atomic E-state index is 12.1. The van der Waals surface area contributed by atoms with Crippen molar-refractivity contribution in [1.29, 1.82) is 5.26 Å². The fraction of sp³-hybridized carbons (Fsp3) is 0. The largest absolute Gasteiger partial charge is 0.423 e. The Morgan fingerprint density at radius 3 is 2.17 bits per heavy atom. The number of nitrogens with zero attached hydrogens (tertiary/aromatic N) is 2. The van der Waals surface area contributed by atoms with Gasteiger partial charge in [0.05, 0.1) is 23.4 Å². The van der Waals surface area contributed by atoms with Gasteiger partial charge in [0.15, 0.2) is 0 Å². The lowest BCUT2D eigenvalue weighted by atomic mass is 10.1. The van der Waals surface area contributed by atoms with E-state index in [1.165, 1.54) is 6.21 Å². The van der Waals surface area contributed by atoms with E-state index in [9.17, 15) is 9.59 Å². The monoisotopic (exact) mass is 447 g/mol. The van der Waals surface area contributed by atoms with Crippen LogP contribution in [0.5, 0.6) is 5.75 Å². The Bertz CT molecular complexity index is 1080. The summed E-state index contributed by atoms with van der Waals surface area (Å²) in [5, 5.41) is 12.7. The first-order valence-corrected chi connectivity index (χ1v) is 9.26. The van der Waals surface area contributed by atoms with Crippen LogP contribution >= 0.6 is 15.9 Å². The smallest absolute Gasteiger partial charge is 0.343 e. The Morgan fingerprint density at radius 2 is 1.55 bits per heavy atom. The highest BCUT2D eigenvalue weighted by Crippen LogP contribution is 2.15. The summed E-state index contributed by atoms with van der Waals surface area (Å²) < 4.78 is 6.20. The van der Waals surface area contributed by atoms with E-state index in [0.29, 0.717) is 28.0 Å². The molecule has 142 valence electrons. The van der Waals surface area contributed by atoms with Crippen molar-refractivity contribution in [3.63, 3.8) is 0 Å². The van der Waals surface area contributed by atoms with Gasteiger partial charge in [0.1, 0.15) is 5.75 Å². The summed E-state index contributed by atoms with van der Waals surface area (Å²) in [6.45, 7) is 0. The third-order valence-corrected chi connectivity index (χ3v) is 4.36. The number of carbonyl (C=O) groups is 2. The Kier molecular flexibility index (Phi) is 6.51. The van der Waals surface area contributed by atoms with E-state index in [1.54, 1.807) is 72.8 Å². The van der Waals surface area contributed by atoms with Crippen molar-refractivity contribution in [2.24, 2.45) is 5.10 Å². The van der Waals surface area contributed by atoms with Crippen LogP contribution in [-0.4, -0.2) is 18.1 Å². The summed E-state index contributed by atoms with van der Waals surface area (Å²) in [6, 6.07) is 21.8. The molecule has 7 heteroatoms. The molecule has 0 atom stereocenters. The SMILES string of the molecule is N#Cc1ccc(C(=O)N/N=C\c2ccc(OC(=O)c3ccc(Br)cc3)cc2)cc1. The summed E-state index contributed by atoms with van der Waals surface area (Å²) in [5.41, 5.74) is 4.46. The Hall–Kier alpha value is -3.76. The zero-order chi connectivity index (χ0) is 20.6. The van der Waals surface area contributed by atoms with Crippen LogP contribution in [0, 0.1) is 11.3 Å². The minimum Gasteiger partial charge on any atom is -0.423 e. The van der Waals surface area contributed by atoms with Gasteiger partial charge >= 0.3 is 5.97 Å². The predicted octanol–water partition coefficient (Wildman–Crippen LogP) is 4.30. The van der Waals surface area contributed by atoms with E-state index >= 15 is 0 Å². The minimum absolute atomic E-state index is 0.384. The standard InChI is InChI=1S/C22H14BrN3O3/c23-19-9-7-18(8-10-19)22(28)29-20-11-3-16(4-12-20)14-25-26-21(27)17-5-1-15(13-24)2-6-17/h1-12,14H,(H,26,27)/b25-14-. The first-order chi connectivity index (χ1) is 14.0. The zero-order valence-corrected chi connectivity index (χ0v) is 16.6. The molecule has 3 aromatic rings. The van der Waals surface area contributed by atoms with Gasteiger partial charge in [-0.1, -0.05) is 15.9 Å². The predicted molar refractivity (Wildman–Crippen MR) is 112 cm³/mol.